The van der Waals surface area contributed by atoms with Crippen LogP contribution >= 0.6 is 0 Å². The van der Waals surface area contributed by atoms with Crippen LogP contribution in [0, 0.1) is 5.92 Å². The van der Waals surface area contributed by atoms with E-state index in [1.54, 1.807) is 0 Å². The fraction of sp³-hybridized carbons (Fsp3) is 0.929. The maximum absolute atomic E-state index is 12.4. The highest BCUT2D eigenvalue weighted by Crippen LogP contribution is 2.22. The normalized spacial score (nSPS) is 28.9. The molecule has 0 bridgehead atoms. The van der Waals surface area contributed by atoms with Gasteiger partial charge in [0.05, 0.1) is 12.6 Å². The first-order chi connectivity index (χ1) is 8.63. The molecule has 2 atom stereocenters. The number of hydrogen-bond donors (Lipinski definition) is 0. The predicted octanol–water partition coefficient (Wildman–Crippen LogP) is 1.35. The molecule has 0 N–H and O–H groups in total. The summed E-state index contributed by atoms with van der Waals surface area (Å²) in [5, 5.41) is 0. The minimum atomic E-state index is 0.109. The van der Waals surface area contributed by atoms with Crippen LogP contribution in [0.15, 0.2) is 0 Å². The van der Waals surface area contributed by atoms with Gasteiger partial charge in [0.1, 0.15) is 0 Å². The summed E-state index contributed by atoms with van der Waals surface area (Å²) in [6.45, 7) is 11.0. The quantitative estimate of drug-likeness (QED) is 0.742. The zero-order chi connectivity index (χ0) is 13.1. The third kappa shape index (κ3) is 2.86. The van der Waals surface area contributed by atoms with Gasteiger partial charge in [0.25, 0.3) is 0 Å². The zero-order valence-electron chi connectivity index (χ0n) is 11.9. The van der Waals surface area contributed by atoms with Gasteiger partial charge >= 0.3 is 0 Å². The summed E-state index contributed by atoms with van der Waals surface area (Å²) >= 11 is 0. The Morgan fingerprint density at radius 1 is 1.44 bits per heavy atom. The second kappa shape index (κ2) is 6.02. The lowest BCUT2D eigenvalue weighted by molar-refractivity contribution is -0.133. The van der Waals surface area contributed by atoms with Crippen molar-refractivity contribution in [2.24, 2.45) is 5.92 Å². The Kier molecular flexibility index (Phi) is 4.62. The van der Waals surface area contributed by atoms with Crippen LogP contribution in [0.2, 0.25) is 0 Å². The number of amides is 1. The Bertz CT molecular complexity index is 288. The van der Waals surface area contributed by atoms with E-state index in [0.29, 0.717) is 17.9 Å². The Balaban J connectivity index is 1.93. The number of ether oxygens (including phenoxy) is 1. The van der Waals surface area contributed by atoms with Crippen molar-refractivity contribution in [3.8, 4) is 0 Å². The average Bonchev–Trinajstić information content (AvgIpc) is 2.95. The van der Waals surface area contributed by atoms with Crippen molar-refractivity contribution in [3.63, 3.8) is 0 Å². The van der Waals surface area contributed by atoms with Crippen molar-refractivity contribution in [1.82, 2.24) is 9.80 Å². The zero-order valence-corrected chi connectivity index (χ0v) is 11.9. The number of likely N-dealkylation sites (tertiary alicyclic amines) is 1. The summed E-state index contributed by atoms with van der Waals surface area (Å²) in [6, 6.07) is 0.439. The Hall–Kier alpha value is -0.610. The van der Waals surface area contributed by atoms with E-state index in [1.165, 1.54) is 0 Å². The van der Waals surface area contributed by atoms with Gasteiger partial charge in [-0.05, 0) is 39.2 Å². The van der Waals surface area contributed by atoms with Crippen LogP contribution in [0.3, 0.4) is 0 Å². The molecule has 0 aromatic rings. The minimum absolute atomic E-state index is 0.109. The molecule has 2 aliphatic heterocycles. The first-order valence-corrected chi connectivity index (χ1v) is 7.25. The average molecular weight is 254 g/mol. The summed E-state index contributed by atoms with van der Waals surface area (Å²) in [6.07, 6.45) is 2.13. The highest BCUT2D eigenvalue weighted by molar-refractivity contribution is 5.84. The molecule has 4 nitrogen and oxygen atoms in total. The lowest BCUT2D eigenvalue weighted by Crippen LogP contribution is -2.45. The molecule has 2 heterocycles. The molecule has 2 rings (SSSR count). The fourth-order valence-corrected chi connectivity index (χ4v) is 3.07. The monoisotopic (exact) mass is 254 g/mol. The van der Waals surface area contributed by atoms with Crippen LogP contribution in [0.5, 0.6) is 0 Å². The summed E-state index contributed by atoms with van der Waals surface area (Å²) in [7, 11) is 0. The van der Waals surface area contributed by atoms with Crippen LogP contribution in [0.4, 0.5) is 0 Å². The predicted molar refractivity (Wildman–Crippen MR) is 71.4 cm³/mol. The van der Waals surface area contributed by atoms with Crippen LogP contribution in [-0.2, 0) is 9.53 Å². The first kappa shape index (κ1) is 13.8. The summed E-state index contributed by atoms with van der Waals surface area (Å²) < 4.78 is 5.43. The van der Waals surface area contributed by atoms with Crippen molar-refractivity contribution < 1.29 is 9.53 Å². The van der Waals surface area contributed by atoms with Gasteiger partial charge in [-0.2, -0.15) is 0 Å². The number of carbonyl (C=O) groups excluding carboxylic acids is 1. The maximum atomic E-state index is 12.4. The van der Waals surface area contributed by atoms with Gasteiger partial charge in [-0.25, -0.2) is 0 Å². The second-order valence-electron chi connectivity index (χ2n) is 5.75. The van der Waals surface area contributed by atoms with Crippen LogP contribution < -0.4 is 0 Å². The van der Waals surface area contributed by atoms with Crippen molar-refractivity contribution in [2.45, 2.75) is 45.7 Å². The number of carbonyl (C=O) groups is 1. The Labute approximate surface area is 110 Å². The van der Waals surface area contributed by atoms with Gasteiger partial charge in [-0.1, -0.05) is 6.92 Å². The van der Waals surface area contributed by atoms with E-state index in [1.807, 2.05) is 4.90 Å². The van der Waals surface area contributed by atoms with Gasteiger partial charge in [0.2, 0.25) is 5.91 Å². The van der Waals surface area contributed by atoms with Gasteiger partial charge in [0.15, 0.2) is 0 Å². The second-order valence-corrected chi connectivity index (χ2v) is 5.75. The topological polar surface area (TPSA) is 32.8 Å². The highest BCUT2D eigenvalue weighted by atomic mass is 16.5. The molecule has 0 radical (unpaired) electrons. The van der Waals surface area contributed by atoms with Gasteiger partial charge < -0.3 is 9.64 Å². The molecule has 0 aliphatic carbocycles. The van der Waals surface area contributed by atoms with Crippen molar-refractivity contribution in [1.29, 1.82) is 0 Å². The third-order valence-corrected chi connectivity index (χ3v) is 4.20. The standard InChI is InChI=1S/C14H26N2O2/c1-4-15(9-12-6-8-18-10-12)13-5-7-16(11(2)3)14(13)17/h11-13H,4-10H2,1-3H3/t12-,13+/m1/s1. The molecule has 0 aromatic heterocycles. The number of likely N-dealkylation sites (N-methyl/N-ethyl adjacent to an activating group) is 1. The largest absolute Gasteiger partial charge is 0.381 e. The fourth-order valence-electron chi connectivity index (χ4n) is 3.07. The number of nitrogens with zero attached hydrogens (tertiary/aromatic N) is 2. The van der Waals surface area contributed by atoms with E-state index in [-0.39, 0.29) is 6.04 Å². The van der Waals surface area contributed by atoms with E-state index in [2.05, 4.69) is 25.7 Å². The van der Waals surface area contributed by atoms with Crippen molar-refractivity contribution >= 4 is 5.91 Å². The van der Waals surface area contributed by atoms with E-state index in [4.69, 9.17) is 4.74 Å². The van der Waals surface area contributed by atoms with Gasteiger partial charge in [-0.15, -0.1) is 0 Å². The van der Waals surface area contributed by atoms with Crippen molar-refractivity contribution in [3.05, 3.63) is 0 Å². The molecule has 2 fully saturated rings. The summed E-state index contributed by atoms with van der Waals surface area (Å²) in [5.74, 6) is 0.941. The molecule has 104 valence electrons. The first-order valence-electron chi connectivity index (χ1n) is 7.25. The molecular formula is C14H26N2O2. The third-order valence-electron chi connectivity index (χ3n) is 4.20. The smallest absolute Gasteiger partial charge is 0.240 e. The lowest BCUT2D eigenvalue weighted by Gasteiger charge is -2.29. The van der Waals surface area contributed by atoms with E-state index in [9.17, 15) is 4.79 Å². The van der Waals surface area contributed by atoms with Gasteiger partial charge in [-0.3, -0.25) is 9.69 Å². The lowest BCUT2D eigenvalue weighted by atomic mass is 10.1. The molecule has 1 amide bonds. The summed E-state index contributed by atoms with van der Waals surface area (Å²) in [4.78, 5) is 16.7. The van der Waals surface area contributed by atoms with E-state index < -0.39 is 0 Å². The molecule has 4 heteroatoms. The number of rotatable bonds is 5. The molecule has 18 heavy (non-hydrogen) atoms. The maximum Gasteiger partial charge on any atom is 0.240 e. The highest BCUT2D eigenvalue weighted by Gasteiger charge is 2.37. The Morgan fingerprint density at radius 3 is 2.72 bits per heavy atom. The number of hydrogen-bond acceptors (Lipinski definition) is 3. The molecule has 2 saturated heterocycles. The molecule has 0 unspecified atom stereocenters. The summed E-state index contributed by atoms with van der Waals surface area (Å²) in [5.41, 5.74) is 0. The van der Waals surface area contributed by atoms with Crippen molar-refractivity contribution in [2.75, 3.05) is 32.8 Å². The minimum Gasteiger partial charge on any atom is -0.381 e. The van der Waals surface area contributed by atoms with Crippen LogP contribution in [0.25, 0.3) is 0 Å². The molecule has 2 aliphatic rings. The molecule has 0 saturated carbocycles. The van der Waals surface area contributed by atoms with Crippen LogP contribution in [-0.4, -0.2) is 60.6 Å². The molecule has 0 spiro atoms. The molecular weight excluding hydrogens is 228 g/mol. The van der Waals surface area contributed by atoms with E-state index >= 15 is 0 Å². The van der Waals surface area contributed by atoms with E-state index in [0.717, 1.165) is 45.7 Å². The Morgan fingerprint density at radius 2 is 2.22 bits per heavy atom. The molecule has 0 aromatic carbocycles. The van der Waals surface area contributed by atoms with Gasteiger partial charge in [0, 0.05) is 25.7 Å². The van der Waals surface area contributed by atoms with Crippen LogP contribution in [0.1, 0.15) is 33.6 Å². The SMILES string of the molecule is CCN(C[C@H]1CCOC1)[C@H]1CCN(C(C)C)C1=O.